The van der Waals surface area contributed by atoms with Crippen LogP contribution in [0.1, 0.15) is 5.56 Å². The first-order valence-corrected chi connectivity index (χ1v) is 8.42. The summed E-state index contributed by atoms with van der Waals surface area (Å²) in [6.07, 6.45) is 0.487. The largest absolute Gasteiger partial charge is 0.315 e. The fourth-order valence-electron chi connectivity index (χ4n) is 2.55. The molecule has 1 aromatic carbocycles. The monoisotopic (exact) mass is 312 g/mol. The van der Waals surface area contributed by atoms with Crippen LogP contribution in [0.15, 0.2) is 40.4 Å². The molecule has 0 unspecified atom stereocenters. The van der Waals surface area contributed by atoms with Crippen LogP contribution in [0.25, 0.3) is 21.8 Å². The number of rotatable bonds is 2. The summed E-state index contributed by atoms with van der Waals surface area (Å²) < 4.78 is 0. The van der Waals surface area contributed by atoms with Gasteiger partial charge in [0.15, 0.2) is 0 Å². The van der Waals surface area contributed by atoms with Gasteiger partial charge in [0, 0.05) is 34.6 Å². The number of benzene rings is 1. The minimum atomic E-state index is 0.152. The Balaban J connectivity index is 1.72. The van der Waals surface area contributed by atoms with Gasteiger partial charge in [0.25, 0.3) is 0 Å². The van der Waals surface area contributed by atoms with Crippen molar-refractivity contribution in [3.05, 3.63) is 46.0 Å². The number of nitrogens with zero attached hydrogens (tertiary/aromatic N) is 2. The molecule has 0 atom stereocenters. The molecule has 1 aliphatic rings. The number of likely N-dealkylation sites (N-methyl/N-ethyl adjacent to an activating group) is 1. The van der Waals surface area contributed by atoms with Gasteiger partial charge in [-0.25, -0.2) is 4.98 Å². The number of hydrogen-bond donors (Lipinski definition) is 0. The van der Waals surface area contributed by atoms with Gasteiger partial charge in [-0.1, -0.05) is 6.07 Å². The normalized spacial score (nSPS) is 13.8. The van der Waals surface area contributed by atoms with Crippen molar-refractivity contribution in [2.24, 2.45) is 0 Å². The highest BCUT2D eigenvalue weighted by atomic mass is 32.1. The predicted octanol–water partition coefficient (Wildman–Crippen LogP) is 4.06. The molecule has 0 N–H and O–H groups in total. The molecule has 0 fully saturated rings. The van der Waals surface area contributed by atoms with Gasteiger partial charge in [-0.05, 0) is 29.1 Å². The number of carbonyl (C=O) groups excluding carboxylic acids is 1. The molecule has 3 heterocycles. The summed E-state index contributed by atoms with van der Waals surface area (Å²) >= 11 is 3.33. The minimum Gasteiger partial charge on any atom is -0.315 e. The smallest absolute Gasteiger partial charge is 0.231 e. The molecule has 3 nitrogen and oxygen atoms in total. The van der Waals surface area contributed by atoms with E-state index in [1.165, 1.54) is 5.56 Å². The van der Waals surface area contributed by atoms with E-state index in [0.717, 1.165) is 27.5 Å². The number of amides is 1. The fourth-order valence-corrected chi connectivity index (χ4v) is 4.10. The Morgan fingerprint density at radius 1 is 1.19 bits per heavy atom. The second-order valence-corrected chi connectivity index (χ2v) is 6.66. The second-order valence-electron chi connectivity index (χ2n) is 5.02. The summed E-state index contributed by atoms with van der Waals surface area (Å²) in [6.45, 7) is 0. The maximum Gasteiger partial charge on any atom is 0.231 e. The molecule has 0 saturated carbocycles. The molecule has 104 valence electrons. The van der Waals surface area contributed by atoms with Crippen molar-refractivity contribution in [1.82, 2.24) is 4.98 Å². The second kappa shape index (κ2) is 4.79. The number of anilines is 1. The maximum atomic E-state index is 11.8. The Bertz CT molecular complexity index is 821. The SMILES string of the molecule is CN1C(=O)Cc2cc(-c3csc(-c4ccsc4)n3)ccc21. The van der Waals surface area contributed by atoms with Crippen molar-refractivity contribution >= 4 is 34.3 Å². The van der Waals surface area contributed by atoms with E-state index in [-0.39, 0.29) is 5.91 Å². The third kappa shape index (κ3) is 2.09. The Morgan fingerprint density at radius 3 is 2.90 bits per heavy atom. The van der Waals surface area contributed by atoms with E-state index in [4.69, 9.17) is 4.98 Å². The lowest BCUT2D eigenvalue weighted by Gasteiger charge is -2.09. The van der Waals surface area contributed by atoms with E-state index in [2.05, 4.69) is 28.3 Å². The molecule has 21 heavy (non-hydrogen) atoms. The summed E-state index contributed by atoms with van der Waals surface area (Å²) in [5.41, 5.74) is 5.33. The van der Waals surface area contributed by atoms with Crippen LogP contribution in [0.3, 0.4) is 0 Å². The molecule has 3 aromatic rings. The molecule has 4 rings (SSSR count). The van der Waals surface area contributed by atoms with Crippen LogP contribution in [0.2, 0.25) is 0 Å². The molecule has 0 spiro atoms. The number of carbonyl (C=O) groups is 1. The van der Waals surface area contributed by atoms with E-state index >= 15 is 0 Å². The van der Waals surface area contributed by atoms with E-state index in [1.807, 2.05) is 19.2 Å². The zero-order chi connectivity index (χ0) is 14.4. The number of aromatic nitrogens is 1. The van der Waals surface area contributed by atoms with Gasteiger partial charge in [-0.15, -0.1) is 11.3 Å². The van der Waals surface area contributed by atoms with Crippen molar-refractivity contribution in [1.29, 1.82) is 0 Å². The molecule has 0 saturated heterocycles. The van der Waals surface area contributed by atoms with Crippen molar-refractivity contribution in [2.75, 3.05) is 11.9 Å². The van der Waals surface area contributed by atoms with Crippen molar-refractivity contribution in [2.45, 2.75) is 6.42 Å². The van der Waals surface area contributed by atoms with Gasteiger partial charge in [0.05, 0.1) is 12.1 Å². The molecular weight excluding hydrogens is 300 g/mol. The summed E-state index contributed by atoms with van der Waals surface area (Å²) in [5.74, 6) is 0.152. The highest BCUT2D eigenvalue weighted by molar-refractivity contribution is 7.14. The molecule has 1 amide bonds. The Morgan fingerprint density at radius 2 is 2.10 bits per heavy atom. The minimum absolute atomic E-state index is 0.152. The zero-order valence-corrected chi connectivity index (χ0v) is 13.0. The molecule has 0 aliphatic carbocycles. The van der Waals surface area contributed by atoms with Crippen LogP contribution in [0.5, 0.6) is 0 Å². The van der Waals surface area contributed by atoms with E-state index < -0.39 is 0 Å². The first-order valence-electron chi connectivity index (χ1n) is 6.60. The molecule has 5 heteroatoms. The molecule has 1 aliphatic heterocycles. The van der Waals surface area contributed by atoms with Gasteiger partial charge in [-0.3, -0.25) is 4.79 Å². The third-order valence-electron chi connectivity index (χ3n) is 3.72. The zero-order valence-electron chi connectivity index (χ0n) is 11.4. The number of fused-ring (bicyclic) bond motifs is 1. The van der Waals surface area contributed by atoms with Crippen molar-refractivity contribution < 1.29 is 4.79 Å². The Kier molecular flexibility index (Phi) is 2.90. The number of thiazole rings is 1. The van der Waals surface area contributed by atoms with Gasteiger partial charge in [-0.2, -0.15) is 11.3 Å². The van der Waals surface area contributed by atoms with Crippen LogP contribution < -0.4 is 4.90 Å². The molecule has 0 radical (unpaired) electrons. The van der Waals surface area contributed by atoms with Gasteiger partial charge in [0.2, 0.25) is 5.91 Å². The van der Waals surface area contributed by atoms with Crippen LogP contribution in [0, 0.1) is 0 Å². The standard InChI is InChI=1S/C16H12N2OS2/c1-18-14-3-2-10(6-12(14)7-15(18)19)13-9-21-16(17-13)11-4-5-20-8-11/h2-6,8-9H,7H2,1H3. The number of thiophene rings is 1. The van der Waals surface area contributed by atoms with Crippen molar-refractivity contribution in [3.8, 4) is 21.8 Å². The average Bonchev–Trinajstić information content (AvgIpc) is 3.20. The molecular formula is C16H12N2OS2. The average molecular weight is 312 g/mol. The van der Waals surface area contributed by atoms with E-state index in [1.54, 1.807) is 27.6 Å². The topological polar surface area (TPSA) is 33.2 Å². The third-order valence-corrected chi connectivity index (χ3v) is 5.30. The summed E-state index contributed by atoms with van der Waals surface area (Å²) in [7, 11) is 1.82. The summed E-state index contributed by atoms with van der Waals surface area (Å²) in [4.78, 5) is 18.2. The first-order chi connectivity index (χ1) is 10.2. The van der Waals surface area contributed by atoms with Crippen LogP contribution >= 0.6 is 22.7 Å². The van der Waals surface area contributed by atoms with Gasteiger partial charge < -0.3 is 4.90 Å². The molecule has 0 bridgehead atoms. The Labute approximate surface area is 130 Å². The summed E-state index contributed by atoms with van der Waals surface area (Å²) in [5, 5.41) is 7.29. The van der Waals surface area contributed by atoms with Crippen LogP contribution in [-0.4, -0.2) is 17.9 Å². The lowest BCUT2D eigenvalue weighted by atomic mass is 10.1. The predicted molar refractivity (Wildman–Crippen MR) is 88.0 cm³/mol. The highest BCUT2D eigenvalue weighted by Crippen LogP contribution is 2.34. The Hall–Kier alpha value is -1.98. The quantitative estimate of drug-likeness (QED) is 0.715. The van der Waals surface area contributed by atoms with Crippen LogP contribution in [0.4, 0.5) is 5.69 Å². The van der Waals surface area contributed by atoms with Gasteiger partial charge >= 0.3 is 0 Å². The summed E-state index contributed by atoms with van der Waals surface area (Å²) in [6, 6.07) is 8.23. The number of hydrogen-bond acceptors (Lipinski definition) is 4. The van der Waals surface area contributed by atoms with E-state index in [0.29, 0.717) is 6.42 Å². The van der Waals surface area contributed by atoms with Gasteiger partial charge in [0.1, 0.15) is 5.01 Å². The lowest BCUT2D eigenvalue weighted by molar-refractivity contribution is -0.117. The highest BCUT2D eigenvalue weighted by Gasteiger charge is 2.24. The van der Waals surface area contributed by atoms with Crippen LogP contribution in [-0.2, 0) is 11.2 Å². The lowest BCUT2D eigenvalue weighted by Crippen LogP contribution is -2.20. The molecule has 2 aromatic heterocycles. The first kappa shape index (κ1) is 12.7. The van der Waals surface area contributed by atoms with E-state index in [9.17, 15) is 4.79 Å². The maximum absolute atomic E-state index is 11.8. The van der Waals surface area contributed by atoms with Crippen molar-refractivity contribution in [3.63, 3.8) is 0 Å². The fraction of sp³-hybridized carbons (Fsp3) is 0.125.